The van der Waals surface area contributed by atoms with Gasteiger partial charge in [0.1, 0.15) is 12.1 Å². The topological polar surface area (TPSA) is 92.5 Å². The molecule has 1 aliphatic heterocycles. The van der Waals surface area contributed by atoms with E-state index >= 15 is 0 Å². The standard InChI is InChI=1S/C10H11N3O4/c1-10(2)9(16)12-7(14)5-13(10)8(15)6-3-4-11-17-6/h3-4H,5H2,1-2H3,(H,12,14,16). The van der Waals surface area contributed by atoms with E-state index in [-0.39, 0.29) is 12.3 Å². The van der Waals surface area contributed by atoms with Crippen molar-refractivity contribution in [2.24, 2.45) is 0 Å². The van der Waals surface area contributed by atoms with Crippen LogP contribution in [0.4, 0.5) is 0 Å². The highest BCUT2D eigenvalue weighted by molar-refractivity contribution is 6.08. The number of carbonyl (C=O) groups excluding carboxylic acids is 3. The van der Waals surface area contributed by atoms with Crippen LogP contribution in [0.15, 0.2) is 16.8 Å². The van der Waals surface area contributed by atoms with E-state index in [1.165, 1.54) is 12.3 Å². The number of nitrogens with zero attached hydrogens (tertiary/aromatic N) is 2. The van der Waals surface area contributed by atoms with Gasteiger partial charge in [0.15, 0.2) is 0 Å². The van der Waals surface area contributed by atoms with Crippen molar-refractivity contribution >= 4 is 17.7 Å². The maximum absolute atomic E-state index is 12.0. The molecular formula is C10H11N3O4. The van der Waals surface area contributed by atoms with Crippen LogP contribution in [0.3, 0.4) is 0 Å². The van der Waals surface area contributed by atoms with Gasteiger partial charge in [-0.3, -0.25) is 19.7 Å². The number of imide groups is 1. The van der Waals surface area contributed by atoms with Gasteiger partial charge in [-0.15, -0.1) is 0 Å². The molecule has 1 aromatic heterocycles. The van der Waals surface area contributed by atoms with E-state index in [0.29, 0.717) is 0 Å². The molecule has 7 nitrogen and oxygen atoms in total. The molecular weight excluding hydrogens is 226 g/mol. The van der Waals surface area contributed by atoms with E-state index < -0.39 is 23.3 Å². The van der Waals surface area contributed by atoms with Crippen molar-refractivity contribution in [3.05, 3.63) is 18.0 Å². The average molecular weight is 237 g/mol. The zero-order chi connectivity index (χ0) is 12.6. The molecule has 1 N–H and O–H groups in total. The largest absolute Gasteiger partial charge is 0.351 e. The number of hydrogen-bond acceptors (Lipinski definition) is 5. The summed E-state index contributed by atoms with van der Waals surface area (Å²) in [4.78, 5) is 36.1. The number of amides is 3. The minimum absolute atomic E-state index is 0.000532. The normalized spacial score (nSPS) is 19.1. The molecule has 0 saturated carbocycles. The quantitative estimate of drug-likeness (QED) is 0.668. The van der Waals surface area contributed by atoms with Crippen molar-refractivity contribution in [1.29, 1.82) is 0 Å². The average Bonchev–Trinajstić information content (AvgIpc) is 2.76. The summed E-state index contributed by atoms with van der Waals surface area (Å²) in [5, 5.41) is 5.60. The Morgan fingerprint density at radius 2 is 2.24 bits per heavy atom. The van der Waals surface area contributed by atoms with E-state index in [9.17, 15) is 14.4 Å². The summed E-state index contributed by atoms with van der Waals surface area (Å²) in [6.07, 6.45) is 1.33. The van der Waals surface area contributed by atoms with Gasteiger partial charge < -0.3 is 9.42 Å². The van der Waals surface area contributed by atoms with Crippen LogP contribution in [0, 0.1) is 0 Å². The fourth-order valence-electron chi connectivity index (χ4n) is 1.57. The summed E-state index contributed by atoms with van der Waals surface area (Å²) in [7, 11) is 0. The van der Waals surface area contributed by atoms with Crippen LogP contribution in [0.1, 0.15) is 24.4 Å². The summed E-state index contributed by atoms with van der Waals surface area (Å²) in [6.45, 7) is 2.93. The van der Waals surface area contributed by atoms with Crippen LogP contribution in [0.2, 0.25) is 0 Å². The number of hydrogen-bond donors (Lipinski definition) is 1. The summed E-state index contributed by atoms with van der Waals surface area (Å²) < 4.78 is 4.73. The van der Waals surface area contributed by atoms with Gasteiger partial charge in [-0.05, 0) is 13.8 Å². The molecule has 0 bridgehead atoms. The van der Waals surface area contributed by atoms with Gasteiger partial charge >= 0.3 is 0 Å². The lowest BCUT2D eigenvalue weighted by atomic mass is 9.98. The van der Waals surface area contributed by atoms with Crippen molar-refractivity contribution in [3.8, 4) is 0 Å². The lowest BCUT2D eigenvalue weighted by Gasteiger charge is -2.39. The van der Waals surface area contributed by atoms with Crippen LogP contribution in [0.25, 0.3) is 0 Å². The molecule has 90 valence electrons. The first-order valence-electron chi connectivity index (χ1n) is 5.00. The maximum atomic E-state index is 12.0. The smallest absolute Gasteiger partial charge is 0.293 e. The predicted octanol–water partition coefficient (Wildman–Crippen LogP) is -0.448. The van der Waals surface area contributed by atoms with Gasteiger partial charge in [0, 0.05) is 6.07 Å². The predicted molar refractivity (Wildman–Crippen MR) is 54.8 cm³/mol. The SMILES string of the molecule is CC1(C)C(=O)NC(=O)CN1C(=O)c1ccno1. The second kappa shape index (κ2) is 3.69. The molecule has 0 spiro atoms. The van der Waals surface area contributed by atoms with Crippen LogP contribution in [0.5, 0.6) is 0 Å². The molecule has 1 fully saturated rings. The van der Waals surface area contributed by atoms with Crippen molar-refractivity contribution in [2.45, 2.75) is 19.4 Å². The first kappa shape index (κ1) is 11.3. The number of nitrogens with one attached hydrogen (secondary N) is 1. The Kier molecular flexibility index (Phi) is 2.45. The fraction of sp³-hybridized carbons (Fsp3) is 0.400. The van der Waals surface area contributed by atoms with E-state index in [1.807, 2.05) is 0 Å². The zero-order valence-corrected chi connectivity index (χ0v) is 9.39. The monoisotopic (exact) mass is 237 g/mol. The molecule has 1 aromatic rings. The van der Waals surface area contributed by atoms with Crippen molar-refractivity contribution in [1.82, 2.24) is 15.4 Å². The first-order valence-corrected chi connectivity index (χ1v) is 5.00. The highest BCUT2D eigenvalue weighted by Gasteiger charge is 2.44. The Bertz CT molecular complexity index is 478. The molecule has 7 heteroatoms. The number of piperazine rings is 1. The third-order valence-corrected chi connectivity index (χ3v) is 2.68. The van der Waals surface area contributed by atoms with Gasteiger partial charge in [0.05, 0.1) is 6.20 Å². The van der Waals surface area contributed by atoms with Gasteiger partial charge in [-0.25, -0.2) is 0 Å². The van der Waals surface area contributed by atoms with E-state index in [2.05, 4.69) is 10.5 Å². The summed E-state index contributed by atoms with van der Waals surface area (Å²) >= 11 is 0. The van der Waals surface area contributed by atoms with Crippen LogP contribution in [-0.2, 0) is 9.59 Å². The van der Waals surface area contributed by atoms with Crippen LogP contribution < -0.4 is 5.32 Å². The summed E-state index contributed by atoms with van der Waals surface area (Å²) in [5.74, 6) is -1.56. The molecule has 2 heterocycles. The Morgan fingerprint density at radius 3 is 2.82 bits per heavy atom. The Morgan fingerprint density at radius 1 is 1.53 bits per heavy atom. The Hall–Kier alpha value is -2.18. The van der Waals surface area contributed by atoms with Crippen LogP contribution in [-0.4, -0.2) is 39.9 Å². The van der Waals surface area contributed by atoms with E-state index in [4.69, 9.17) is 4.52 Å². The molecule has 0 aliphatic carbocycles. The summed E-state index contributed by atoms with van der Waals surface area (Å²) in [5.41, 5.74) is -1.10. The highest BCUT2D eigenvalue weighted by Crippen LogP contribution is 2.20. The van der Waals surface area contributed by atoms with Gasteiger partial charge in [-0.2, -0.15) is 0 Å². The zero-order valence-electron chi connectivity index (χ0n) is 9.39. The number of carbonyl (C=O) groups is 3. The number of aromatic nitrogens is 1. The van der Waals surface area contributed by atoms with Gasteiger partial charge in [-0.1, -0.05) is 5.16 Å². The summed E-state index contributed by atoms with van der Waals surface area (Å²) in [6, 6.07) is 1.38. The maximum Gasteiger partial charge on any atom is 0.293 e. The molecule has 1 aliphatic rings. The van der Waals surface area contributed by atoms with E-state index in [1.54, 1.807) is 13.8 Å². The molecule has 2 rings (SSSR count). The highest BCUT2D eigenvalue weighted by atomic mass is 16.5. The van der Waals surface area contributed by atoms with Crippen molar-refractivity contribution in [3.63, 3.8) is 0 Å². The lowest BCUT2D eigenvalue weighted by molar-refractivity contribution is -0.143. The minimum atomic E-state index is -1.10. The molecule has 0 aromatic carbocycles. The number of rotatable bonds is 1. The molecule has 1 saturated heterocycles. The van der Waals surface area contributed by atoms with Crippen molar-refractivity contribution in [2.75, 3.05) is 6.54 Å². The molecule has 3 amide bonds. The van der Waals surface area contributed by atoms with Gasteiger partial charge in [0.2, 0.25) is 11.7 Å². The third-order valence-electron chi connectivity index (χ3n) is 2.68. The second-order valence-corrected chi connectivity index (χ2v) is 4.20. The molecule has 0 atom stereocenters. The Labute approximate surface area is 96.7 Å². The molecule has 17 heavy (non-hydrogen) atoms. The van der Waals surface area contributed by atoms with E-state index in [0.717, 1.165) is 4.90 Å². The first-order chi connectivity index (χ1) is 7.93. The fourth-order valence-corrected chi connectivity index (χ4v) is 1.57. The van der Waals surface area contributed by atoms with Gasteiger partial charge in [0.25, 0.3) is 11.8 Å². The Balaban J connectivity index is 2.33. The molecule has 0 unspecified atom stereocenters. The molecule has 0 radical (unpaired) electrons. The van der Waals surface area contributed by atoms with Crippen molar-refractivity contribution < 1.29 is 18.9 Å². The minimum Gasteiger partial charge on any atom is -0.351 e. The lowest BCUT2D eigenvalue weighted by Crippen LogP contribution is -2.65. The van der Waals surface area contributed by atoms with Crippen LogP contribution >= 0.6 is 0 Å². The third kappa shape index (κ3) is 1.79. The second-order valence-electron chi connectivity index (χ2n) is 4.20.